The van der Waals surface area contributed by atoms with E-state index in [0.29, 0.717) is 11.2 Å². The Bertz CT molecular complexity index is 385. The predicted octanol–water partition coefficient (Wildman–Crippen LogP) is 3.10. The molecule has 0 N–H and O–H groups in total. The summed E-state index contributed by atoms with van der Waals surface area (Å²) in [5.41, 5.74) is 0.324. The van der Waals surface area contributed by atoms with E-state index in [-0.39, 0.29) is 0 Å². The first kappa shape index (κ1) is 11.7. The monoisotopic (exact) mass is 281 g/mol. The van der Waals surface area contributed by atoms with Gasteiger partial charge in [-0.05, 0) is 18.3 Å². The van der Waals surface area contributed by atoms with Gasteiger partial charge in [-0.1, -0.05) is 35.2 Å². The Hall–Kier alpha value is -0.820. The number of rotatable bonds is 3. The second kappa shape index (κ2) is 5.01. The van der Waals surface area contributed by atoms with Crippen LogP contribution in [0.4, 0.5) is 0 Å². The summed E-state index contributed by atoms with van der Waals surface area (Å²) in [5.74, 6) is 0.533. The topological polar surface area (TPSA) is 41.6 Å². The summed E-state index contributed by atoms with van der Waals surface area (Å²) >= 11 is 3.64. The molecule has 1 fully saturated rings. The van der Waals surface area contributed by atoms with Crippen LogP contribution >= 0.6 is 15.9 Å². The first-order chi connectivity index (χ1) is 7.79. The summed E-state index contributed by atoms with van der Waals surface area (Å²) in [5, 5.41) is 9.97. The SMILES string of the molecule is N#Cc1nccn1CC1(CBr)CCCCC1. The highest BCUT2D eigenvalue weighted by Gasteiger charge is 2.31. The van der Waals surface area contributed by atoms with Gasteiger partial charge in [-0.15, -0.1) is 0 Å². The molecule has 0 radical (unpaired) electrons. The summed E-state index contributed by atoms with van der Waals surface area (Å²) in [6.07, 6.45) is 10.1. The third kappa shape index (κ3) is 2.30. The number of hydrogen-bond acceptors (Lipinski definition) is 2. The zero-order valence-corrected chi connectivity index (χ0v) is 10.9. The fraction of sp³-hybridized carbons (Fsp3) is 0.667. The van der Waals surface area contributed by atoms with Crippen LogP contribution in [-0.2, 0) is 6.54 Å². The Morgan fingerprint density at radius 1 is 1.44 bits per heavy atom. The maximum absolute atomic E-state index is 8.95. The van der Waals surface area contributed by atoms with Gasteiger partial charge in [0.15, 0.2) is 0 Å². The lowest BCUT2D eigenvalue weighted by molar-refractivity contribution is 0.190. The van der Waals surface area contributed by atoms with Crippen LogP contribution in [0.25, 0.3) is 0 Å². The van der Waals surface area contributed by atoms with Gasteiger partial charge in [-0.25, -0.2) is 4.98 Å². The first-order valence-corrected chi connectivity index (χ1v) is 6.89. The zero-order valence-electron chi connectivity index (χ0n) is 9.32. The van der Waals surface area contributed by atoms with E-state index in [4.69, 9.17) is 5.26 Å². The van der Waals surface area contributed by atoms with Crippen molar-refractivity contribution in [2.24, 2.45) is 5.41 Å². The van der Waals surface area contributed by atoms with E-state index in [0.717, 1.165) is 11.9 Å². The molecular weight excluding hydrogens is 266 g/mol. The minimum Gasteiger partial charge on any atom is -0.322 e. The molecule has 0 bridgehead atoms. The highest BCUT2D eigenvalue weighted by molar-refractivity contribution is 9.09. The highest BCUT2D eigenvalue weighted by atomic mass is 79.9. The maximum atomic E-state index is 8.95. The molecule has 1 aliphatic carbocycles. The molecule has 1 saturated carbocycles. The van der Waals surface area contributed by atoms with Crippen LogP contribution in [-0.4, -0.2) is 14.9 Å². The lowest BCUT2D eigenvalue weighted by atomic mass is 9.75. The van der Waals surface area contributed by atoms with Crippen molar-refractivity contribution < 1.29 is 0 Å². The van der Waals surface area contributed by atoms with E-state index in [1.54, 1.807) is 6.20 Å². The summed E-state index contributed by atoms with van der Waals surface area (Å²) in [6, 6.07) is 2.14. The van der Waals surface area contributed by atoms with E-state index in [1.165, 1.54) is 32.1 Å². The summed E-state index contributed by atoms with van der Waals surface area (Å²) < 4.78 is 1.99. The lowest BCUT2D eigenvalue weighted by Crippen LogP contribution is -2.31. The Balaban J connectivity index is 2.15. The molecule has 16 heavy (non-hydrogen) atoms. The molecule has 0 saturated heterocycles. The molecule has 0 aromatic carbocycles. The van der Waals surface area contributed by atoms with Gasteiger partial charge in [-0.3, -0.25) is 0 Å². The van der Waals surface area contributed by atoms with Crippen molar-refractivity contribution in [2.75, 3.05) is 5.33 Å². The quantitative estimate of drug-likeness (QED) is 0.799. The second-order valence-electron chi connectivity index (χ2n) is 4.68. The largest absolute Gasteiger partial charge is 0.322 e. The number of nitriles is 1. The molecule has 0 aliphatic heterocycles. The highest BCUT2D eigenvalue weighted by Crippen LogP contribution is 2.39. The van der Waals surface area contributed by atoms with E-state index >= 15 is 0 Å². The van der Waals surface area contributed by atoms with Crippen molar-refractivity contribution in [3.8, 4) is 6.07 Å². The Morgan fingerprint density at radius 3 is 2.81 bits per heavy atom. The predicted molar refractivity (Wildman–Crippen MR) is 66.3 cm³/mol. The Kier molecular flexibility index (Phi) is 3.65. The maximum Gasteiger partial charge on any atom is 0.212 e. The van der Waals surface area contributed by atoms with Crippen LogP contribution in [0.1, 0.15) is 37.9 Å². The Labute approximate surface area is 105 Å². The number of imidazole rings is 1. The fourth-order valence-corrected chi connectivity index (χ4v) is 3.29. The standard InChI is InChI=1S/C12H16BrN3/c13-9-12(4-2-1-3-5-12)10-16-7-6-15-11(16)8-14/h6-7H,1-5,9-10H2. The molecule has 1 heterocycles. The van der Waals surface area contributed by atoms with Crippen LogP contribution in [0.3, 0.4) is 0 Å². The molecule has 3 nitrogen and oxygen atoms in total. The molecule has 0 unspecified atom stereocenters. The number of aromatic nitrogens is 2. The molecule has 1 aliphatic rings. The normalized spacial score (nSPS) is 19.2. The van der Waals surface area contributed by atoms with Gasteiger partial charge in [0.2, 0.25) is 5.82 Å². The molecule has 0 atom stereocenters. The Morgan fingerprint density at radius 2 is 2.19 bits per heavy atom. The van der Waals surface area contributed by atoms with E-state index in [2.05, 4.69) is 27.0 Å². The van der Waals surface area contributed by atoms with E-state index in [1.807, 2.05) is 10.8 Å². The third-order valence-electron chi connectivity index (χ3n) is 3.52. The van der Waals surface area contributed by atoms with Crippen molar-refractivity contribution in [2.45, 2.75) is 38.6 Å². The summed E-state index contributed by atoms with van der Waals surface area (Å²) in [4.78, 5) is 4.05. The molecule has 4 heteroatoms. The molecule has 0 spiro atoms. The van der Waals surface area contributed by atoms with Gasteiger partial charge in [0.05, 0.1) is 0 Å². The number of nitrogens with zero attached hydrogens (tertiary/aromatic N) is 3. The van der Waals surface area contributed by atoms with Gasteiger partial charge in [-0.2, -0.15) is 5.26 Å². The van der Waals surface area contributed by atoms with Gasteiger partial charge in [0, 0.05) is 24.3 Å². The van der Waals surface area contributed by atoms with Crippen LogP contribution in [0.5, 0.6) is 0 Å². The average molecular weight is 282 g/mol. The number of alkyl halides is 1. The van der Waals surface area contributed by atoms with Gasteiger partial charge < -0.3 is 4.57 Å². The van der Waals surface area contributed by atoms with Crippen molar-refractivity contribution >= 4 is 15.9 Å². The van der Waals surface area contributed by atoms with Gasteiger partial charge in [0.25, 0.3) is 0 Å². The lowest BCUT2D eigenvalue weighted by Gasteiger charge is -2.36. The van der Waals surface area contributed by atoms with Crippen molar-refractivity contribution in [1.29, 1.82) is 5.26 Å². The molecular formula is C12H16BrN3. The van der Waals surface area contributed by atoms with Gasteiger partial charge >= 0.3 is 0 Å². The van der Waals surface area contributed by atoms with Crippen LogP contribution in [0.15, 0.2) is 12.4 Å². The van der Waals surface area contributed by atoms with E-state index in [9.17, 15) is 0 Å². The van der Waals surface area contributed by atoms with Crippen LogP contribution in [0, 0.1) is 16.7 Å². The fourth-order valence-electron chi connectivity index (χ4n) is 2.55. The number of hydrogen-bond donors (Lipinski definition) is 0. The van der Waals surface area contributed by atoms with Gasteiger partial charge in [0.1, 0.15) is 6.07 Å². The molecule has 2 rings (SSSR count). The summed E-state index contributed by atoms with van der Waals surface area (Å²) in [7, 11) is 0. The van der Waals surface area contributed by atoms with Crippen molar-refractivity contribution in [3.05, 3.63) is 18.2 Å². The van der Waals surface area contributed by atoms with E-state index < -0.39 is 0 Å². The smallest absolute Gasteiger partial charge is 0.212 e. The zero-order chi connectivity index (χ0) is 11.4. The molecule has 1 aromatic rings. The van der Waals surface area contributed by atoms with Crippen LogP contribution in [0.2, 0.25) is 0 Å². The van der Waals surface area contributed by atoms with Crippen molar-refractivity contribution in [3.63, 3.8) is 0 Å². The molecule has 86 valence electrons. The summed E-state index contributed by atoms with van der Waals surface area (Å²) in [6.45, 7) is 0.918. The molecule has 1 aromatic heterocycles. The first-order valence-electron chi connectivity index (χ1n) is 5.77. The minimum absolute atomic E-state index is 0.324. The molecule has 0 amide bonds. The minimum atomic E-state index is 0.324. The van der Waals surface area contributed by atoms with Crippen LogP contribution < -0.4 is 0 Å². The van der Waals surface area contributed by atoms with Crippen molar-refractivity contribution in [1.82, 2.24) is 9.55 Å². The average Bonchev–Trinajstić information content (AvgIpc) is 2.77. The third-order valence-corrected chi connectivity index (χ3v) is 4.71. The second-order valence-corrected chi connectivity index (χ2v) is 5.25. The number of halogens is 1.